The van der Waals surface area contributed by atoms with Gasteiger partial charge in [-0.1, -0.05) is 78.3 Å². The molecule has 0 saturated carbocycles. The first-order valence-corrected chi connectivity index (χ1v) is 10.8. The third kappa shape index (κ3) is 4.43. The molecule has 0 N–H and O–H groups in total. The van der Waals surface area contributed by atoms with Gasteiger partial charge < -0.3 is 9.15 Å². The molecule has 0 fully saturated rings. The molecule has 1 heterocycles. The molecule has 4 nitrogen and oxygen atoms in total. The number of esters is 1. The number of aromatic nitrogens is 1. The smallest absolute Gasteiger partial charge is 0.343 e. The van der Waals surface area contributed by atoms with Gasteiger partial charge in [0.1, 0.15) is 11.4 Å². The van der Waals surface area contributed by atoms with Crippen molar-refractivity contribution in [3.05, 3.63) is 120 Å². The van der Waals surface area contributed by atoms with Gasteiger partial charge in [-0.3, -0.25) is 0 Å². The lowest BCUT2D eigenvalue weighted by atomic mass is 10.0. The zero-order valence-electron chi connectivity index (χ0n) is 17.4. The van der Waals surface area contributed by atoms with E-state index >= 15 is 0 Å². The van der Waals surface area contributed by atoms with E-state index in [0.717, 1.165) is 11.1 Å². The minimum Gasteiger partial charge on any atom is -0.435 e. The van der Waals surface area contributed by atoms with Crippen LogP contribution in [0.1, 0.15) is 10.4 Å². The lowest BCUT2D eigenvalue weighted by Crippen LogP contribution is -2.09. The maximum absolute atomic E-state index is 12.8. The number of rotatable bonds is 5. The highest BCUT2D eigenvalue weighted by atomic mass is 35.5. The molecule has 160 valence electrons. The van der Waals surface area contributed by atoms with Gasteiger partial charge in [-0.15, -0.1) is 0 Å². The number of hydrogen-bond donors (Lipinski definition) is 0. The SMILES string of the molecule is O=C(Oc1ccc(Cl)cc1-c1nc(-c2ccccc2)oc1-c1ccccc1)c1ccccc1. The molecule has 0 aliphatic heterocycles. The minimum absolute atomic E-state index is 0.346. The van der Waals surface area contributed by atoms with Crippen molar-refractivity contribution >= 4 is 17.6 Å². The Kier molecular flexibility index (Phi) is 5.75. The zero-order chi connectivity index (χ0) is 22.6. The maximum atomic E-state index is 12.8. The van der Waals surface area contributed by atoms with Crippen LogP contribution in [0.3, 0.4) is 0 Å². The van der Waals surface area contributed by atoms with Crippen molar-refractivity contribution in [1.82, 2.24) is 4.98 Å². The molecule has 0 unspecified atom stereocenters. The number of oxazole rings is 1. The Morgan fingerprint density at radius 3 is 2.03 bits per heavy atom. The Morgan fingerprint density at radius 1 is 0.758 bits per heavy atom. The molecule has 33 heavy (non-hydrogen) atoms. The van der Waals surface area contributed by atoms with Crippen molar-refractivity contribution in [1.29, 1.82) is 0 Å². The lowest BCUT2D eigenvalue weighted by molar-refractivity contribution is 0.0735. The maximum Gasteiger partial charge on any atom is 0.343 e. The molecule has 0 aliphatic rings. The third-order valence-corrected chi connectivity index (χ3v) is 5.33. The van der Waals surface area contributed by atoms with Crippen LogP contribution in [0.25, 0.3) is 34.0 Å². The van der Waals surface area contributed by atoms with Crippen molar-refractivity contribution in [2.24, 2.45) is 0 Å². The first-order chi connectivity index (χ1) is 16.2. The third-order valence-electron chi connectivity index (χ3n) is 5.09. The Balaban J connectivity index is 1.65. The van der Waals surface area contributed by atoms with Gasteiger partial charge in [-0.25, -0.2) is 9.78 Å². The van der Waals surface area contributed by atoms with Crippen LogP contribution in [-0.4, -0.2) is 11.0 Å². The predicted molar refractivity (Wildman–Crippen MR) is 129 cm³/mol. The molecule has 0 radical (unpaired) electrons. The fourth-order valence-corrected chi connectivity index (χ4v) is 3.67. The standard InChI is InChI=1S/C28H18ClNO3/c29-22-16-17-24(32-28(31)21-14-8-3-9-15-21)23(18-22)25-26(19-10-4-1-5-11-19)33-27(30-25)20-12-6-2-7-13-20/h1-18H. The summed E-state index contributed by atoms with van der Waals surface area (Å²) in [4.78, 5) is 17.6. The van der Waals surface area contributed by atoms with Gasteiger partial charge in [-0.05, 0) is 42.5 Å². The van der Waals surface area contributed by atoms with Crippen LogP contribution < -0.4 is 4.74 Å². The van der Waals surface area contributed by atoms with Crippen LogP contribution in [0.15, 0.2) is 114 Å². The molecule has 0 bridgehead atoms. The molecule has 0 aliphatic carbocycles. The van der Waals surface area contributed by atoms with Crippen LogP contribution in [0.4, 0.5) is 0 Å². The van der Waals surface area contributed by atoms with Gasteiger partial charge in [0.25, 0.3) is 0 Å². The normalized spacial score (nSPS) is 10.7. The molecule has 0 saturated heterocycles. The van der Waals surface area contributed by atoms with Crippen LogP contribution >= 0.6 is 11.6 Å². The Hall–Kier alpha value is -4.15. The van der Waals surface area contributed by atoms with Gasteiger partial charge >= 0.3 is 5.97 Å². The van der Waals surface area contributed by atoms with Crippen molar-refractivity contribution in [3.63, 3.8) is 0 Å². The quantitative estimate of drug-likeness (QED) is 0.204. The number of hydrogen-bond acceptors (Lipinski definition) is 4. The summed E-state index contributed by atoms with van der Waals surface area (Å²) in [7, 11) is 0. The van der Waals surface area contributed by atoms with Gasteiger partial charge in [-0.2, -0.15) is 0 Å². The van der Waals surface area contributed by atoms with E-state index in [0.29, 0.717) is 39.2 Å². The monoisotopic (exact) mass is 451 g/mol. The molecule has 1 aromatic heterocycles. The molecular formula is C28H18ClNO3. The fourth-order valence-electron chi connectivity index (χ4n) is 3.50. The van der Waals surface area contributed by atoms with E-state index in [1.165, 1.54) is 0 Å². The summed E-state index contributed by atoms with van der Waals surface area (Å²) >= 11 is 6.34. The molecule has 0 amide bonds. The summed E-state index contributed by atoms with van der Waals surface area (Å²) < 4.78 is 12.0. The van der Waals surface area contributed by atoms with Crippen molar-refractivity contribution < 1.29 is 13.9 Å². The minimum atomic E-state index is -0.466. The molecule has 4 aromatic carbocycles. The number of ether oxygens (including phenoxy) is 1. The van der Waals surface area contributed by atoms with E-state index in [1.54, 1.807) is 42.5 Å². The highest BCUT2D eigenvalue weighted by molar-refractivity contribution is 6.31. The molecule has 5 heteroatoms. The van der Waals surface area contributed by atoms with Crippen LogP contribution in [0.5, 0.6) is 5.75 Å². The van der Waals surface area contributed by atoms with E-state index in [9.17, 15) is 4.79 Å². The van der Waals surface area contributed by atoms with Gasteiger partial charge in [0.2, 0.25) is 5.89 Å². The molecular weight excluding hydrogens is 434 g/mol. The summed E-state index contributed by atoms with van der Waals surface area (Å²) in [6.45, 7) is 0. The summed E-state index contributed by atoms with van der Waals surface area (Å²) in [5, 5.41) is 0.493. The van der Waals surface area contributed by atoms with E-state index in [-0.39, 0.29) is 0 Å². The fraction of sp³-hybridized carbons (Fsp3) is 0. The van der Waals surface area contributed by atoms with E-state index < -0.39 is 5.97 Å². The van der Waals surface area contributed by atoms with E-state index in [1.807, 2.05) is 66.7 Å². The lowest BCUT2D eigenvalue weighted by Gasteiger charge is -2.10. The van der Waals surface area contributed by atoms with E-state index in [4.69, 9.17) is 25.7 Å². The first-order valence-electron chi connectivity index (χ1n) is 10.4. The predicted octanol–water partition coefficient (Wildman–Crippen LogP) is 7.55. The number of carbonyl (C=O) groups is 1. The van der Waals surface area contributed by atoms with Crippen molar-refractivity contribution in [3.8, 4) is 39.8 Å². The van der Waals surface area contributed by atoms with E-state index in [2.05, 4.69) is 0 Å². The number of nitrogens with zero attached hydrogens (tertiary/aromatic N) is 1. The van der Waals surface area contributed by atoms with Gasteiger partial charge in [0, 0.05) is 21.7 Å². The molecule has 5 aromatic rings. The molecule has 0 atom stereocenters. The highest BCUT2D eigenvalue weighted by Gasteiger charge is 2.22. The average molecular weight is 452 g/mol. The largest absolute Gasteiger partial charge is 0.435 e. The first kappa shape index (κ1) is 20.7. The second-order valence-electron chi connectivity index (χ2n) is 7.32. The average Bonchev–Trinajstić information content (AvgIpc) is 3.32. The summed E-state index contributed by atoms with van der Waals surface area (Å²) in [5.41, 5.74) is 3.25. The highest BCUT2D eigenvalue weighted by Crippen LogP contribution is 2.41. The number of carbonyl (C=O) groups excluding carboxylic acids is 1. The van der Waals surface area contributed by atoms with Crippen molar-refractivity contribution in [2.45, 2.75) is 0 Å². The number of halogens is 1. The molecule has 0 spiro atoms. The Bertz CT molecular complexity index is 1400. The van der Waals surface area contributed by atoms with Gasteiger partial charge in [0.05, 0.1) is 5.56 Å². The Morgan fingerprint density at radius 2 is 1.36 bits per heavy atom. The summed E-state index contributed by atoms with van der Waals surface area (Å²) in [6.07, 6.45) is 0. The summed E-state index contributed by atoms with van der Waals surface area (Å²) in [6, 6.07) is 33.2. The van der Waals surface area contributed by atoms with Gasteiger partial charge in [0.15, 0.2) is 5.76 Å². The second kappa shape index (κ2) is 9.15. The topological polar surface area (TPSA) is 52.3 Å². The Labute approximate surface area is 196 Å². The molecule has 5 rings (SSSR count). The van der Waals surface area contributed by atoms with Crippen LogP contribution in [0.2, 0.25) is 5.02 Å². The van der Waals surface area contributed by atoms with Crippen molar-refractivity contribution in [2.75, 3.05) is 0 Å². The number of benzene rings is 4. The second-order valence-corrected chi connectivity index (χ2v) is 7.76. The summed E-state index contributed by atoms with van der Waals surface area (Å²) in [5.74, 6) is 0.907. The van der Waals surface area contributed by atoms with Crippen LogP contribution in [-0.2, 0) is 0 Å². The van der Waals surface area contributed by atoms with Crippen LogP contribution in [0, 0.1) is 0 Å². The zero-order valence-corrected chi connectivity index (χ0v) is 18.2.